The normalized spacial score (nSPS) is 14.8. The van der Waals surface area contributed by atoms with E-state index in [9.17, 15) is 8.42 Å². The predicted octanol–water partition coefficient (Wildman–Crippen LogP) is 2.61. The Bertz CT molecular complexity index is 430. The highest BCUT2D eigenvalue weighted by Crippen LogP contribution is 2.17. The average molecular weight is 275 g/mol. The molecule has 0 radical (unpaired) electrons. The van der Waals surface area contributed by atoms with Crippen molar-refractivity contribution in [2.24, 2.45) is 0 Å². The SMILES string of the molecule is CC(NCCS(=O)(=O)C(C)(C)C)c1ccsc1. The van der Waals surface area contributed by atoms with Crippen LogP contribution in [-0.4, -0.2) is 25.5 Å². The smallest absolute Gasteiger partial charge is 0.156 e. The Morgan fingerprint density at radius 1 is 1.41 bits per heavy atom. The summed E-state index contributed by atoms with van der Waals surface area (Å²) in [5.41, 5.74) is 1.21. The van der Waals surface area contributed by atoms with E-state index in [4.69, 9.17) is 0 Å². The highest BCUT2D eigenvalue weighted by molar-refractivity contribution is 7.92. The molecule has 1 atom stereocenters. The molecule has 0 spiro atoms. The van der Waals surface area contributed by atoms with Gasteiger partial charge in [0.05, 0.1) is 10.5 Å². The summed E-state index contributed by atoms with van der Waals surface area (Å²) in [6.45, 7) is 7.77. The summed E-state index contributed by atoms with van der Waals surface area (Å²) in [6, 6.07) is 2.26. The van der Waals surface area contributed by atoms with E-state index in [-0.39, 0.29) is 11.8 Å². The van der Waals surface area contributed by atoms with E-state index in [1.807, 2.05) is 12.3 Å². The van der Waals surface area contributed by atoms with Crippen LogP contribution in [-0.2, 0) is 9.84 Å². The zero-order valence-electron chi connectivity index (χ0n) is 10.9. The van der Waals surface area contributed by atoms with Gasteiger partial charge in [-0.3, -0.25) is 0 Å². The monoisotopic (exact) mass is 275 g/mol. The van der Waals surface area contributed by atoms with Crippen molar-refractivity contribution >= 4 is 21.2 Å². The van der Waals surface area contributed by atoms with Crippen molar-refractivity contribution in [3.63, 3.8) is 0 Å². The maximum Gasteiger partial charge on any atom is 0.156 e. The molecule has 1 N–H and O–H groups in total. The lowest BCUT2D eigenvalue weighted by Gasteiger charge is -2.20. The first-order chi connectivity index (χ1) is 7.74. The molecule has 1 aromatic heterocycles. The van der Waals surface area contributed by atoms with Crippen LogP contribution in [0, 0.1) is 0 Å². The second-order valence-electron chi connectivity index (χ2n) is 5.16. The fraction of sp³-hybridized carbons (Fsp3) is 0.667. The summed E-state index contributed by atoms with van der Waals surface area (Å²) in [7, 11) is -3.02. The largest absolute Gasteiger partial charge is 0.309 e. The van der Waals surface area contributed by atoms with Crippen molar-refractivity contribution < 1.29 is 8.42 Å². The highest BCUT2D eigenvalue weighted by atomic mass is 32.2. The molecular formula is C12H21NO2S2. The van der Waals surface area contributed by atoms with Gasteiger partial charge >= 0.3 is 0 Å². The minimum absolute atomic E-state index is 0.185. The summed E-state index contributed by atoms with van der Waals surface area (Å²) < 4.78 is 23.1. The van der Waals surface area contributed by atoms with E-state index in [1.54, 1.807) is 32.1 Å². The molecule has 5 heteroatoms. The van der Waals surface area contributed by atoms with Gasteiger partial charge < -0.3 is 5.32 Å². The molecule has 0 aliphatic rings. The quantitative estimate of drug-likeness (QED) is 0.898. The van der Waals surface area contributed by atoms with Crippen LogP contribution >= 0.6 is 11.3 Å². The van der Waals surface area contributed by atoms with Crippen molar-refractivity contribution in [1.29, 1.82) is 0 Å². The molecule has 3 nitrogen and oxygen atoms in total. The molecule has 0 aromatic carbocycles. The lowest BCUT2D eigenvalue weighted by molar-refractivity contribution is 0.547. The Morgan fingerprint density at radius 2 is 2.06 bits per heavy atom. The first kappa shape index (κ1) is 14.7. The van der Waals surface area contributed by atoms with Crippen LogP contribution in [0.4, 0.5) is 0 Å². The number of sulfone groups is 1. The van der Waals surface area contributed by atoms with Gasteiger partial charge in [-0.15, -0.1) is 0 Å². The second-order valence-corrected chi connectivity index (χ2v) is 8.81. The Balaban J connectivity index is 2.44. The van der Waals surface area contributed by atoms with Gasteiger partial charge in [-0.2, -0.15) is 11.3 Å². The maximum atomic E-state index is 11.9. The van der Waals surface area contributed by atoms with Gasteiger partial charge in [-0.1, -0.05) is 0 Å². The summed E-state index contributed by atoms with van der Waals surface area (Å²) >= 11 is 1.65. The van der Waals surface area contributed by atoms with Crippen molar-refractivity contribution in [2.75, 3.05) is 12.3 Å². The molecule has 1 unspecified atom stereocenters. The fourth-order valence-corrected chi connectivity index (χ4v) is 3.11. The van der Waals surface area contributed by atoms with Crippen LogP contribution in [0.5, 0.6) is 0 Å². The molecule has 1 heterocycles. The molecule has 0 aliphatic heterocycles. The molecule has 0 aliphatic carbocycles. The van der Waals surface area contributed by atoms with Gasteiger partial charge in [0, 0.05) is 12.6 Å². The van der Waals surface area contributed by atoms with Crippen LogP contribution in [0.1, 0.15) is 39.3 Å². The molecule has 17 heavy (non-hydrogen) atoms. The van der Waals surface area contributed by atoms with Crippen molar-refractivity contribution in [1.82, 2.24) is 5.32 Å². The van der Waals surface area contributed by atoms with E-state index in [1.165, 1.54) is 5.56 Å². The van der Waals surface area contributed by atoms with Crippen molar-refractivity contribution in [3.05, 3.63) is 22.4 Å². The molecule has 0 saturated carbocycles. The molecule has 0 saturated heterocycles. The molecular weight excluding hydrogens is 254 g/mol. The molecule has 1 rings (SSSR count). The van der Waals surface area contributed by atoms with Crippen LogP contribution in [0.15, 0.2) is 16.8 Å². The molecule has 0 bridgehead atoms. The standard InChI is InChI=1S/C12H21NO2S2/c1-10(11-5-7-16-9-11)13-6-8-17(14,15)12(2,3)4/h5,7,9-10,13H,6,8H2,1-4H3. The zero-order chi connectivity index (χ0) is 13.1. The van der Waals surface area contributed by atoms with Crippen LogP contribution < -0.4 is 5.32 Å². The molecule has 98 valence electrons. The zero-order valence-corrected chi connectivity index (χ0v) is 12.5. The highest BCUT2D eigenvalue weighted by Gasteiger charge is 2.28. The van der Waals surface area contributed by atoms with Crippen molar-refractivity contribution in [2.45, 2.75) is 38.5 Å². The summed E-state index contributed by atoms with van der Waals surface area (Å²) in [5, 5.41) is 7.35. The summed E-state index contributed by atoms with van der Waals surface area (Å²) in [6.07, 6.45) is 0. The maximum absolute atomic E-state index is 11.9. The molecule has 1 aromatic rings. The predicted molar refractivity (Wildman–Crippen MR) is 74.3 cm³/mol. The van der Waals surface area contributed by atoms with Gasteiger partial charge in [0.1, 0.15) is 0 Å². The first-order valence-corrected chi connectivity index (χ1v) is 8.31. The van der Waals surface area contributed by atoms with Crippen LogP contribution in [0.25, 0.3) is 0 Å². The minimum Gasteiger partial charge on any atom is -0.309 e. The number of thiophene rings is 1. The number of nitrogens with one attached hydrogen (secondary N) is 1. The molecule has 0 amide bonds. The Morgan fingerprint density at radius 3 is 2.53 bits per heavy atom. The summed E-state index contributed by atoms with van der Waals surface area (Å²) in [5.74, 6) is 0.185. The van der Waals surface area contributed by atoms with E-state index in [0.717, 1.165) is 0 Å². The van der Waals surface area contributed by atoms with Gasteiger partial charge in [0.2, 0.25) is 0 Å². The van der Waals surface area contributed by atoms with Crippen LogP contribution in [0.2, 0.25) is 0 Å². The van der Waals surface area contributed by atoms with Gasteiger partial charge in [0.15, 0.2) is 9.84 Å². The Hall–Kier alpha value is -0.390. The van der Waals surface area contributed by atoms with Gasteiger partial charge in [0.25, 0.3) is 0 Å². The van der Waals surface area contributed by atoms with E-state index in [0.29, 0.717) is 6.54 Å². The summed E-state index contributed by atoms with van der Waals surface area (Å²) in [4.78, 5) is 0. The van der Waals surface area contributed by atoms with Gasteiger partial charge in [-0.25, -0.2) is 8.42 Å². The van der Waals surface area contributed by atoms with Crippen LogP contribution in [0.3, 0.4) is 0 Å². The van der Waals surface area contributed by atoms with E-state index < -0.39 is 14.6 Å². The average Bonchev–Trinajstić information content (AvgIpc) is 2.67. The molecule has 0 fully saturated rings. The van der Waals surface area contributed by atoms with E-state index in [2.05, 4.69) is 16.8 Å². The third kappa shape index (κ3) is 4.08. The second kappa shape index (κ2) is 5.50. The third-order valence-electron chi connectivity index (χ3n) is 2.80. The topological polar surface area (TPSA) is 46.2 Å². The van der Waals surface area contributed by atoms with Crippen molar-refractivity contribution in [3.8, 4) is 0 Å². The minimum atomic E-state index is -3.02. The Kier molecular flexibility index (Phi) is 4.75. The number of hydrogen-bond acceptors (Lipinski definition) is 4. The third-order valence-corrected chi connectivity index (χ3v) is 6.11. The van der Waals surface area contributed by atoms with Gasteiger partial charge in [-0.05, 0) is 50.1 Å². The first-order valence-electron chi connectivity index (χ1n) is 5.72. The number of rotatable bonds is 5. The van der Waals surface area contributed by atoms with E-state index >= 15 is 0 Å². The Labute approximate surface area is 108 Å². The fourth-order valence-electron chi connectivity index (χ4n) is 1.36. The lowest BCUT2D eigenvalue weighted by atomic mass is 10.2. The lowest BCUT2D eigenvalue weighted by Crippen LogP contribution is -2.35. The number of hydrogen-bond donors (Lipinski definition) is 1.